The van der Waals surface area contributed by atoms with Gasteiger partial charge in [0.2, 0.25) is 5.89 Å². The van der Waals surface area contributed by atoms with E-state index >= 15 is 0 Å². The molecular formula is C49H31N3O2. The zero-order chi connectivity index (χ0) is 35.6. The predicted molar refractivity (Wildman–Crippen MR) is 221 cm³/mol. The van der Waals surface area contributed by atoms with Gasteiger partial charge in [0.1, 0.15) is 16.7 Å². The smallest absolute Gasteiger partial charge is 0.227 e. The van der Waals surface area contributed by atoms with Gasteiger partial charge in [-0.15, -0.1) is 0 Å². The first-order valence-electron chi connectivity index (χ1n) is 18.1. The molecular weight excluding hydrogens is 663 g/mol. The fourth-order valence-corrected chi connectivity index (χ4v) is 7.96. The second-order valence-electron chi connectivity index (χ2n) is 13.6. The number of rotatable bonds is 6. The standard InChI is InChI=1S/C49H31N3O2/c1-4-13-33(14-5-1)49-50-41-28-30-45-46(48(41)54-49)40-31-34(25-29-44(40)53-45)32-23-26-37(27-24-32)51(35-15-6-2-7-16-35)43-22-12-20-39-38-19-10-11-21-42(38)52(47(39)43)36-17-8-3-9-18-36/h1-31H. The maximum atomic E-state index is 6.41. The minimum Gasteiger partial charge on any atom is -0.456 e. The van der Waals surface area contributed by atoms with E-state index in [4.69, 9.17) is 13.8 Å². The van der Waals surface area contributed by atoms with Crippen LogP contribution in [0.2, 0.25) is 0 Å². The van der Waals surface area contributed by atoms with Gasteiger partial charge in [-0.2, -0.15) is 0 Å². The second kappa shape index (κ2) is 12.1. The molecule has 0 saturated carbocycles. The Balaban J connectivity index is 1.05. The molecule has 11 rings (SSSR count). The minimum atomic E-state index is 0.599. The van der Waals surface area contributed by atoms with Gasteiger partial charge in [-0.25, -0.2) is 4.98 Å². The molecule has 54 heavy (non-hydrogen) atoms. The number of fused-ring (bicyclic) bond motifs is 8. The molecule has 0 bridgehead atoms. The van der Waals surface area contributed by atoms with E-state index in [0.29, 0.717) is 5.89 Å². The van der Waals surface area contributed by atoms with Crippen LogP contribution in [-0.2, 0) is 0 Å². The molecule has 0 N–H and O–H groups in total. The third-order valence-electron chi connectivity index (χ3n) is 10.4. The number of anilines is 3. The summed E-state index contributed by atoms with van der Waals surface area (Å²) in [5.74, 6) is 0.599. The third-order valence-corrected chi connectivity index (χ3v) is 10.4. The van der Waals surface area contributed by atoms with Crippen LogP contribution < -0.4 is 4.90 Å². The number of hydrogen-bond acceptors (Lipinski definition) is 4. The molecule has 3 aromatic heterocycles. The van der Waals surface area contributed by atoms with Crippen molar-refractivity contribution >= 4 is 71.9 Å². The largest absolute Gasteiger partial charge is 0.456 e. The van der Waals surface area contributed by atoms with Crippen LogP contribution in [0.25, 0.3) is 83.1 Å². The Morgan fingerprint density at radius 3 is 1.94 bits per heavy atom. The van der Waals surface area contributed by atoms with E-state index in [0.717, 1.165) is 78.0 Å². The van der Waals surface area contributed by atoms with Crippen LogP contribution in [0.4, 0.5) is 17.1 Å². The highest BCUT2D eigenvalue weighted by Crippen LogP contribution is 2.44. The molecule has 0 radical (unpaired) electrons. The predicted octanol–water partition coefficient (Wildman–Crippen LogP) is 13.6. The lowest BCUT2D eigenvalue weighted by molar-refractivity contribution is 0.622. The van der Waals surface area contributed by atoms with Crippen LogP contribution in [0, 0.1) is 0 Å². The van der Waals surface area contributed by atoms with Crippen molar-refractivity contribution in [3.8, 4) is 28.3 Å². The van der Waals surface area contributed by atoms with Crippen molar-refractivity contribution in [3.63, 3.8) is 0 Å². The lowest BCUT2D eigenvalue weighted by Crippen LogP contribution is -2.11. The van der Waals surface area contributed by atoms with Gasteiger partial charge in [0, 0.05) is 38.8 Å². The molecule has 0 aliphatic carbocycles. The fourth-order valence-electron chi connectivity index (χ4n) is 7.96. The van der Waals surface area contributed by atoms with Crippen LogP contribution in [0.5, 0.6) is 0 Å². The van der Waals surface area contributed by atoms with Gasteiger partial charge in [-0.1, -0.05) is 103 Å². The number of furan rings is 1. The van der Waals surface area contributed by atoms with Crippen molar-refractivity contribution in [3.05, 3.63) is 188 Å². The quantitative estimate of drug-likeness (QED) is 0.174. The Kier molecular flexibility index (Phi) is 6.79. The van der Waals surface area contributed by atoms with Gasteiger partial charge in [-0.05, 0) is 96.1 Å². The number of aromatic nitrogens is 2. The number of oxazole rings is 1. The van der Waals surface area contributed by atoms with Crippen molar-refractivity contribution in [2.75, 3.05) is 4.90 Å². The normalized spacial score (nSPS) is 11.7. The summed E-state index contributed by atoms with van der Waals surface area (Å²) in [4.78, 5) is 7.18. The first-order valence-corrected chi connectivity index (χ1v) is 18.1. The van der Waals surface area contributed by atoms with Crippen molar-refractivity contribution < 1.29 is 8.83 Å². The topological polar surface area (TPSA) is 47.3 Å². The monoisotopic (exact) mass is 693 g/mol. The van der Waals surface area contributed by atoms with Crippen LogP contribution in [0.3, 0.4) is 0 Å². The number of hydrogen-bond donors (Lipinski definition) is 0. The van der Waals surface area contributed by atoms with E-state index in [2.05, 4.69) is 155 Å². The van der Waals surface area contributed by atoms with E-state index in [1.807, 2.05) is 42.5 Å². The van der Waals surface area contributed by atoms with Gasteiger partial charge in [0.05, 0.1) is 22.1 Å². The molecule has 11 aromatic rings. The Morgan fingerprint density at radius 1 is 0.463 bits per heavy atom. The van der Waals surface area contributed by atoms with Crippen LogP contribution >= 0.6 is 0 Å². The summed E-state index contributed by atoms with van der Waals surface area (Å²) in [5, 5.41) is 4.37. The zero-order valence-corrected chi connectivity index (χ0v) is 29.1. The Bertz CT molecular complexity index is 3140. The summed E-state index contributed by atoms with van der Waals surface area (Å²) in [6, 6.07) is 65.7. The SMILES string of the molecule is c1ccc(-c2nc3ccc4oc5ccc(-c6ccc(N(c7ccccc7)c7cccc8c9ccccc9n(-c9ccccc9)c78)cc6)cc5c4c3o2)cc1. The summed E-state index contributed by atoms with van der Waals surface area (Å²) in [7, 11) is 0. The van der Waals surface area contributed by atoms with Crippen molar-refractivity contribution in [1.29, 1.82) is 0 Å². The van der Waals surface area contributed by atoms with E-state index < -0.39 is 0 Å². The summed E-state index contributed by atoms with van der Waals surface area (Å²) in [5.41, 5.74) is 13.0. The lowest BCUT2D eigenvalue weighted by atomic mass is 10.0. The van der Waals surface area contributed by atoms with Gasteiger partial charge >= 0.3 is 0 Å². The molecule has 0 fully saturated rings. The average molecular weight is 694 g/mol. The fraction of sp³-hybridized carbons (Fsp3) is 0. The molecule has 5 nitrogen and oxygen atoms in total. The number of nitrogens with zero attached hydrogens (tertiary/aromatic N) is 3. The van der Waals surface area contributed by atoms with Gasteiger partial charge < -0.3 is 18.3 Å². The average Bonchev–Trinajstić information content (AvgIpc) is 3.94. The maximum absolute atomic E-state index is 6.41. The minimum absolute atomic E-state index is 0.599. The molecule has 0 saturated heterocycles. The molecule has 0 spiro atoms. The maximum Gasteiger partial charge on any atom is 0.227 e. The first kappa shape index (κ1) is 30.3. The highest BCUT2D eigenvalue weighted by atomic mass is 16.4. The number of para-hydroxylation sites is 4. The van der Waals surface area contributed by atoms with Gasteiger partial charge in [0.25, 0.3) is 0 Å². The Labute approximate surface area is 310 Å². The molecule has 254 valence electrons. The third kappa shape index (κ3) is 4.76. The van der Waals surface area contributed by atoms with Crippen LogP contribution in [0.15, 0.2) is 197 Å². The Morgan fingerprint density at radius 2 is 1.13 bits per heavy atom. The van der Waals surface area contributed by atoms with Crippen molar-refractivity contribution in [2.45, 2.75) is 0 Å². The van der Waals surface area contributed by atoms with E-state index in [1.54, 1.807) is 0 Å². The molecule has 0 atom stereocenters. The summed E-state index contributed by atoms with van der Waals surface area (Å²) < 4.78 is 15.1. The molecule has 8 aromatic carbocycles. The van der Waals surface area contributed by atoms with E-state index in [9.17, 15) is 0 Å². The highest BCUT2D eigenvalue weighted by Gasteiger charge is 2.22. The molecule has 0 aliphatic rings. The summed E-state index contributed by atoms with van der Waals surface area (Å²) in [6.07, 6.45) is 0. The van der Waals surface area contributed by atoms with Crippen LogP contribution in [-0.4, -0.2) is 9.55 Å². The molecule has 0 unspecified atom stereocenters. The lowest BCUT2D eigenvalue weighted by Gasteiger charge is -2.27. The van der Waals surface area contributed by atoms with Gasteiger partial charge in [0.15, 0.2) is 5.58 Å². The molecule has 0 aliphatic heterocycles. The zero-order valence-electron chi connectivity index (χ0n) is 29.1. The first-order chi connectivity index (χ1) is 26.8. The highest BCUT2D eigenvalue weighted by molar-refractivity contribution is 6.17. The van der Waals surface area contributed by atoms with E-state index in [1.165, 1.54) is 16.3 Å². The van der Waals surface area contributed by atoms with Crippen molar-refractivity contribution in [1.82, 2.24) is 9.55 Å². The second-order valence-corrected chi connectivity index (χ2v) is 13.6. The van der Waals surface area contributed by atoms with Gasteiger partial charge in [-0.3, -0.25) is 0 Å². The summed E-state index contributed by atoms with van der Waals surface area (Å²) >= 11 is 0. The molecule has 3 heterocycles. The molecule has 0 amide bonds. The van der Waals surface area contributed by atoms with Crippen LogP contribution in [0.1, 0.15) is 0 Å². The molecule has 5 heteroatoms. The Hall–Kier alpha value is -7.37. The van der Waals surface area contributed by atoms with Crippen molar-refractivity contribution in [2.24, 2.45) is 0 Å². The van der Waals surface area contributed by atoms with E-state index in [-0.39, 0.29) is 0 Å². The summed E-state index contributed by atoms with van der Waals surface area (Å²) in [6.45, 7) is 0. The number of benzene rings is 8.